The van der Waals surface area contributed by atoms with Gasteiger partial charge >= 0.3 is 0 Å². The molecule has 4 heteroatoms. The van der Waals surface area contributed by atoms with Gasteiger partial charge in [0.2, 0.25) is 0 Å². The van der Waals surface area contributed by atoms with Gasteiger partial charge in [-0.15, -0.1) is 0 Å². The van der Waals surface area contributed by atoms with E-state index in [9.17, 15) is 0 Å². The molecule has 5 rings (SSSR count). The van der Waals surface area contributed by atoms with Crippen LogP contribution in [-0.2, 0) is 13.0 Å². The zero-order valence-electron chi connectivity index (χ0n) is 19.3. The Labute approximate surface area is 207 Å². The Bertz CT molecular complexity index is 1190. The van der Waals surface area contributed by atoms with Crippen LogP contribution >= 0.6 is 11.6 Å². The van der Waals surface area contributed by atoms with Crippen molar-refractivity contribution in [2.75, 3.05) is 31.1 Å². The summed E-state index contributed by atoms with van der Waals surface area (Å²) in [5.41, 5.74) is 7.14. The molecule has 3 aromatic carbocycles. The molecular weight excluding hydrogens is 438 g/mol. The van der Waals surface area contributed by atoms with Gasteiger partial charge in [-0.3, -0.25) is 4.90 Å². The highest BCUT2D eigenvalue weighted by molar-refractivity contribution is 6.30. The molecule has 0 aromatic heterocycles. The lowest BCUT2D eigenvalue weighted by molar-refractivity contribution is 0.250. The third-order valence-electron chi connectivity index (χ3n) is 6.83. The highest BCUT2D eigenvalue weighted by atomic mass is 35.5. The van der Waals surface area contributed by atoms with E-state index in [2.05, 4.69) is 76.5 Å². The molecule has 2 aliphatic rings. The third-order valence-corrected chi connectivity index (χ3v) is 7.08. The number of hydrogen-bond donors (Lipinski definition) is 1. The van der Waals surface area contributed by atoms with Gasteiger partial charge in [0.1, 0.15) is 0 Å². The second-order valence-corrected chi connectivity index (χ2v) is 9.54. The Hall–Kier alpha value is -3.14. The number of halogens is 1. The first-order valence-electron chi connectivity index (χ1n) is 12.0. The van der Waals surface area contributed by atoms with E-state index in [-0.39, 0.29) is 5.92 Å². The highest BCUT2D eigenvalue weighted by Crippen LogP contribution is 2.27. The molecule has 1 fully saturated rings. The van der Waals surface area contributed by atoms with Crippen molar-refractivity contribution in [2.24, 2.45) is 5.92 Å². The first kappa shape index (κ1) is 22.6. The van der Waals surface area contributed by atoms with Crippen molar-refractivity contribution in [3.63, 3.8) is 0 Å². The number of nitrogens with one attached hydrogen (secondary N) is 1. The molecule has 34 heavy (non-hydrogen) atoms. The first-order valence-corrected chi connectivity index (χ1v) is 12.4. The molecule has 1 aliphatic carbocycles. The molecule has 1 heterocycles. The zero-order valence-corrected chi connectivity index (χ0v) is 20.1. The van der Waals surface area contributed by atoms with Gasteiger partial charge in [0.25, 0.3) is 0 Å². The maximum atomic E-state index is 8.11. The summed E-state index contributed by atoms with van der Waals surface area (Å²) in [6.45, 7) is 5.12. The minimum Gasteiger partial charge on any atom is -0.369 e. The molecule has 1 aliphatic heterocycles. The SMILES string of the molecule is N=C1C=CC=CC1Cc1ccc(N2CCN(Cc3ccccc3-c3ccc(Cl)cc3)CC2)cc1. The fraction of sp³-hybridized carbons (Fsp3) is 0.233. The number of anilines is 1. The molecule has 1 N–H and O–H groups in total. The number of rotatable bonds is 6. The van der Waals surface area contributed by atoms with Crippen LogP contribution in [0.15, 0.2) is 97.1 Å². The van der Waals surface area contributed by atoms with E-state index in [4.69, 9.17) is 17.0 Å². The molecule has 1 atom stereocenters. The van der Waals surface area contributed by atoms with Gasteiger partial charge in [0.05, 0.1) is 0 Å². The van der Waals surface area contributed by atoms with E-state index in [1.807, 2.05) is 30.4 Å². The highest BCUT2D eigenvalue weighted by Gasteiger charge is 2.19. The third kappa shape index (κ3) is 5.32. The lowest BCUT2D eigenvalue weighted by Gasteiger charge is -2.36. The minimum atomic E-state index is 0.190. The van der Waals surface area contributed by atoms with Crippen molar-refractivity contribution in [2.45, 2.75) is 13.0 Å². The first-order chi connectivity index (χ1) is 16.7. The summed E-state index contributed by atoms with van der Waals surface area (Å²) in [5.74, 6) is 0.190. The van der Waals surface area contributed by atoms with Crippen LogP contribution in [0.5, 0.6) is 0 Å². The summed E-state index contributed by atoms with van der Waals surface area (Å²) in [7, 11) is 0. The number of nitrogens with zero attached hydrogens (tertiary/aromatic N) is 2. The average molecular weight is 468 g/mol. The van der Waals surface area contributed by atoms with Crippen LogP contribution in [0.25, 0.3) is 11.1 Å². The molecule has 0 spiro atoms. The summed E-state index contributed by atoms with van der Waals surface area (Å²) >= 11 is 6.09. The van der Waals surface area contributed by atoms with Crippen LogP contribution in [0, 0.1) is 11.3 Å². The van der Waals surface area contributed by atoms with E-state index in [1.54, 1.807) is 0 Å². The van der Waals surface area contributed by atoms with Crippen molar-refractivity contribution in [1.82, 2.24) is 4.90 Å². The number of allylic oxidation sites excluding steroid dienone is 4. The van der Waals surface area contributed by atoms with E-state index in [0.29, 0.717) is 5.71 Å². The maximum Gasteiger partial charge on any atom is 0.0406 e. The smallest absolute Gasteiger partial charge is 0.0406 e. The van der Waals surface area contributed by atoms with Crippen LogP contribution in [0.1, 0.15) is 11.1 Å². The van der Waals surface area contributed by atoms with Crippen LogP contribution < -0.4 is 4.90 Å². The van der Waals surface area contributed by atoms with Gasteiger partial charge in [0, 0.05) is 55.1 Å². The molecule has 0 bridgehead atoms. The Morgan fingerprint density at radius 3 is 2.29 bits per heavy atom. The van der Waals surface area contributed by atoms with Crippen molar-refractivity contribution in [3.8, 4) is 11.1 Å². The van der Waals surface area contributed by atoms with Gasteiger partial charge in [0.15, 0.2) is 0 Å². The van der Waals surface area contributed by atoms with Gasteiger partial charge in [-0.05, 0) is 59.0 Å². The molecule has 1 saturated heterocycles. The quantitative estimate of drug-likeness (QED) is 0.440. The lowest BCUT2D eigenvalue weighted by atomic mass is 9.91. The topological polar surface area (TPSA) is 30.3 Å². The summed E-state index contributed by atoms with van der Waals surface area (Å²) in [5, 5.41) is 8.88. The Morgan fingerprint density at radius 2 is 1.56 bits per heavy atom. The van der Waals surface area contributed by atoms with E-state index in [1.165, 1.54) is 27.9 Å². The van der Waals surface area contributed by atoms with Gasteiger partial charge in [-0.1, -0.05) is 78.4 Å². The Kier molecular flexibility index (Phi) is 6.94. The van der Waals surface area contributed by atoms with Crippen LogP contribution in [0.4, 0.5) is 5.69 Å². The second kappa shape index (κ2) is 10.4. The van der Waals surface area contributed by atoms with Crippen molar-refractivity contribution < 1.29 is 0 Å². The standard InChI is InChI=1S/C30H30ClN3/c31-27-13-11-24(12-14-27)29-7-3-1-6-26(29)22-33-17-19-34(20-18-33)28-15-9-23(10-16-28)21-25-5-2-4-8-30(25)32/h1-16,25,32H,17-22H2. The molecule has 3 nitrogen and oxygen atoms in total. The number of hydrogen-bond acceptors (Lipinski definition) is 3. The molecule has 0 radical (unpaired) electrons. The monoisotopic (exact) mass is 467 g/mol. The fourth-order valence-electron chi connectivity index (χ4n) is 4.83. The van der Waals surface area contributed by atoms with Gasteiger partial charge < -0.3 is 10.3 Å². The maximum absolute atomic E-state index is 8.11. The summed E-state index contributed by atoms with van der Waals surface area (Å²) < 4.78 is 0. The average Bonchev–Trinajstić information content (AvgIpc) is 2.87. The molecule has 1 unspecified atom stereocenters. The molecule has 0 saturated carbocycles. The van der Waals surface area contributed by atoms with Crippen molar-refractivity contribution in [3.05, 3.63) is 113 Å². The normalized spacial score (nSPS) is 18.4. The second-order valence-electron chi connectivity index (χ2n) is 9.10. The van der Waals surface area contributed by atoms with E-state index in [0.717, 1.165) is 44.2 Å². The molecular formula is C30H30ClN3. The molecule has 172 valence electrons. The van der Waals surface area contributed by atoms with E-state index < -0.39 is 0 Å². The van der Waals surface area contributed by atoms with Crippen LogP contribution in [-0.4, -0.2) is 36.8 Å². The Balaban J connectivity index is 1.18. The molecule has 3 aromatic rings. The van der Waals surface area contributed by atoms with Crippen molar-refractivity contribution in [1.29, 1.82) is 5.41 Å². The number of benzene rings is 3. The predicted octanol–water partition coefficient (Wildman–Crippen LogP) is 6.63. The summed E-state index contributed by atoms with van der Waals surface area (Å²) in [6.07, 6.45) is 8.90. The largest absolute Gasteiger partial charge is 0.369 e. The fourth-order valence-corrected chi connectivity index (χ4v) is 4.96. The lowest BCUT2D eigenvalue weighted by Crippen LogP contribution is -2.46. The van der Waals surface area contributed by atoms with E-state index >= 15 is 0 Å². The zero-order chi connectivity index (χ0) is 23.3. The summed E-state index contributed by atoms with van der Waals surface area (Å²) in [6, 6.07) is 25.8. The predicted molar refractivity (Wildman–Crippen MR) is 144 cm³/mol. The number of piperazine rings is 1. The van der Waals surface area contributed by atoms with Gasteiger partial charge in [-0.25, -0.2) is 0 Å². The summed E-state index contributed by atoms with van der Waals surface area (Å²) in [4.78, 5) is 5.03. The van der Waals surface area contributed by atoms with Crippen LogP contribution in [0.2, 0.25) is 5.02 Å². The van der Waals surface area contributed by atoms with Crippen molar-refractivity contribution >= 4 is 23.0 Å². The Morgan fingerprint density at radius 1 is 0.824 bits per heavy atom. The van der Waals surface area contributed by atoms with Gasteiger partial charge in [-0.2, -0.15) is 0 Å². The minimum absolute atomic E-state index is 0.190. The van der Waals surface area contributed by atoms with Crippen LogP contribution in [0.3, 0.4) is 0 Å². The molecule has 0 amide bonds.